The molecule has 0 aliphatic rings. The van der Waals surface area contributed by atoms with Gasteiger partial charge < -0.3 is 9.47 Å². The Hall–Kier alpha value is -2.81. The average Bonchev–Trinajstić information content (AvgIpc) is 2.84. The maximum atomic E-state index is 12.4. The standard InChI is InChI=1S/C26H19Cl2IN2O3/c1-33-24-13-18(9-10-23(24)29)26(32)31-30-14-16-11-21(27)25(22(28)12-16)34-15-19-7-4-6-17-5-2-3-8-20(17)19/h2-14H,15H2,1H3,(H,31,32)/b30-14-. The summed E-state index contributed by atoms with van der Waals surface area (Å²) < 4.78 is 12.1. The molecular formula is C26H19Cl2IN2O3. The van der Waals surface area contributed by atoms with Gasteiger partial charge in [-0.05, 0) is 74.8 Å². The second-order valence-electron chi connectivity index (χ2n) is 7.29. The third kappa shape index (κ3) is 5.63. The average molecular weight is 605 g/mol. The molecule has 1 amide bonds. The summed E-state index contributed by atoms with van der Waals surface area (Å²) >= 11 is 15.0. The Balaban J connectivity index is 1.44. The van der Waals surface area contributed by atoms with Gasteiger partial charge in [-0.2, -0.15) is 5.10 Å². The number of benzene rings is 4. The molecule has 0 unspecified atom stereocenters. The van der Waals surface area contributed by atoms with Gasteiger partial charge in [0.1, 0.15) is 12.4 Å². The first-order valence-corrected chi connectivity index (χ1v) is 12.0. The molecule has 0 aromatic heterocycles. The molecule has 4 aromatic rings. The molecule has 4 rings (SSSR count). The molecule has 0 bridgehead atoms. The predicted molar refractivity (Wildman–Crippen MR) is 146 cm³/mol. The molecule has 0 saturated carbocycles. The summed E-state index contributed by atoms with van der Waals surface area (Å²) in [6.07, 6.45) is 1.47. The van der Waals surface area contributed by atoms with Gasteiger partial charge in [-0.3, -0.25) is 4.79 Å². The number of nitrogens with zero attached hydrogens (tertiary/aromatic N) is 1. The summed E-state index contributed by atoms with van der Waals surface area (Å²) in [6.45, 7) is 0.323. The SMILES string of the molecule is COc1cc(C(=O)N/N=C\c2cc(Cl)c(OCc3cccc4ccccc34)c(Cl)c2)ccc1I. The number of hydrogen-bond acceptors (Lipinski definition) is 4. The van der Waals surface area contributed by atoms with E-state index in [1.54, 1.807) is 37.4 Å². The number of rotatable bonds is 7. The minimum atomic E-state index is -0.363. The fourth-order valence-corrected chi connectivity index (χ4v) is 4.56. The second kappa shape index (κ2) is 11.1. The number of hydrazone groups is 1. The fourth-order valence-electron chi connectivity index (χ4n) is 3.39. The van der Waals surface area contributed by atoms with Crippen molar-refractivity contribution in [3.8, 4) is 11.5 Å². The third-order valence-electron chi connectivity index (χ3n) is 5.07. The summed E-state index contributed by atoms with van der Waals surface area (Å²) in [7, 11) is 1.56. The highest BCUT2D eigenvalue weighted by atomic mass is 127. The summed E-state index contributed by atoms with van der Waals surface area (Å²) in [6, 6.07) is 22.7. The number of methoxy groups -OCH3 is 1. The molecular weight excluding hydrogens is 586 g/mol. The Morgan fingerprint density at radius 1 is 1.03 bits per heavy atom. The molecule has 0 heterocycles. The van der Waals surface area contributed by atoms with Crippen LogP contribution in [0.3, 0.4) is 0 Å². The highest BCUT2D eigenvalue weighted by molar-refractivity contribution is 14.1. The number of nitrogens with one attached hydrogen (secondary N) is 1. The summed E-state index contributed by atoms with van der Waals surface area (Å²) in [5, 5.41) is 6.96. The molecule has 5 nitrogen and oxygen atoms in total. The quantitative estimate of drug-likeness (QED) is 0.139. The first-order chi connectivity index (χ1) is 16.5. The van der Waals surface area contributed by atoms with Crippen molar-refractivity contribution in [2.75, 3.05) is 7.11 Å². The minimum Gasteiger partial charge on any atom is -0.496 e. The van der Waals surface area contributed by atoms with E-state index in [0.717, 1.165) is 19.9 Å². The lowest BCUT2D eigenvalue weighted by molar-refractivity contribution is 0.0954. The van der Waals surface area contributed by atoms with Crippen molar-refractivity contribution < 1.29 is 14.3 Å². The lowest BCUT2D eigenvalue weighted by Gasteiger charge is -2.12. The van der Waals surface area contributed by atoms with Gasteiger partial charge in [0.25, 0.3) is 5.91 Å². The van der Waals surface area contributed by atoms with E-state index in [1.807, 2.05) is 24.3 Å². The van der Waals surface area contributed by atoms with Crippen molar-refractivity contribution >= 4 is 68.7 Å². The normalized spacial score (nSPS) is 11.1. The molecule has 4 aromatic carbocycles. The third-order valence-corrected chi connectivity index (χ3v) is 6.52. The number of ether oxygens (including phenoxy) is 2. The van der Waals surface area contributed by atoms with Gasteiger partial charge in [0, 0.05) is 5.56 Å². The molecule has 172 valence electrons. The van der Waals surface area contributed by atoms with Crippen LogP contribution in [0, 0.1) is 3.57 Å². The largest absolute Gasteiger partial charge is 0.496 e. The van der Waals surface area contributed by atoms with Crippen LogP contribution in [-0.2, 0) is 6.61 Å². The zero-order valence-corrected chi connectivity index (χ0v) is 21.7. The van der Waals surface area contributed by atoms with E-state index in [2.05, 4.69) is 51.3 Å². The Morgan fingerprint density at radius 2 is 1.76 bits per heavy atom. The molecule has 0 spiro atoms. The predicted octanol–water partition coefficient (Wildman–Crippen LogP) is 7.10. The van der Waals surface area contributed by atoms with Crippen LogP contribution in [0.2, 0.25) is 10.0 Å². The number of fused-ring (bicyclic) bond motifs is 1. The lowest BCUT2D eigenvalue weighted by atomic mass is 10.1. The maximum absolute atomic E-state index is 12.4. The van der Waals surface area contributed by atoms with E-state index < -0.39 is 0 Å². The van der Waals surface area contributed by atoms with Gasteiger partial charge in [0.2, 0.25) is 0 Å². The van der Waals surface area contributed by atoms with Crippen LogP contribution in [0.15, 0.2) is 77.9 Å². The molecule has 0 aliphatic heterocycles. The fraction of sp³-hybridized carbons (Fsp3) is 0.0769. The van der Waals surface area contributed by atoms with Gasteiger partial charge in [0.05, 0.1) is 26.9 Å². The lowest BCUT2D eigenvalue weighted by Crippen LogP contribution is -2.17. The number of halogens is 3. The van der Waals surface area contributed by atoms with Crippen LogP contribution in [-0.4, -0.2) is 19.2 Å². The number of carbonyl (C=O) groups is 1. The van der Waals surface area contributed by atoms with Crippen molar-refractivity contribution in [1.29, 1.82) is 0 Å². The Labute approximate surface area is 220 Å². The van der Waals surface area contributed by atoms with Gasteiger partial charge in [-0.15, -0.1) is 0 Å². The van der Waals surface area contributed by atoms with E-state index in [1.165, 1.54) is 6.21 Å². The van der Waals surface area contributed by atoms with Gasteiger partial charge in [-0.1, -0.05) is 65.7 Å². The smallest absolute Gasteiger partial charge is 0.271 e. The van der Waals surface area contributed by atoms with Crippen molar-refractivity contribution in [3.05, 3.63) is 103 Å². The molecule has 0 aliphatic carbocycles. The first-order valence-electron chi connectivity index (χ1n) is 10.2. The highest BCUT2D eigenvalue weighted by Crippen LogP contribution is 2.35. The zero-order chi connectivity index (χ0) is 24.1. The number of hydrogen-bond donors (Lipinski definition) is 1. The van der Waals surface area contributed by atoms with Crippen LogP contribution >= 0.6 is 45.8 Å². The van der Waals surface area contributed by atoms with Crippen LogP contribution in [0.25, 0.3) is 10.8 Å². The highest BCUT2D eigenvalue weighted by Gasteiger charge is 2.12. The van der Waals surface area contributed by atoms with Crippen molar-refractivity contribution in [3.63, 3.8) is 0 Å². The number of carbonyl (C=O) groups excluding carboxylic acids is 1. The molecule has 0 atom stereocenters. The van der Waals surface area contributed by atoms with E-state index in [9.17, 15) is 4.79 Å². The van der Waals surface area contributed by atoms with Crippen LogP contribution < -0.4 is 14.9 Å². The van der Waals surface area contributed by atoms with E-state index >= 15 is 0 Å². The molecule has 1 N–H and O–H groups in total. The van der Waals surface area contributed by atoms with E-state index in [-0.39, 0.29) is 5.91 Å². The van der Waals surface area contributed by atoms with E-state index in [0.29, 0.717) is 39.3 Å². The Kier molecular flexibility index (Phi) is 7.92. The van der Waals surface area contributed by atoms with Crippen LogP contribution in [0.4, 0.5) is 0 Å². The van der Waals surface area contributed by atoms with Crippen molar-refractivity contribution in [1.82, 2.24) is 5.43 Å². The first kappa shape index (κ1) is 24.3. The summed E-state index contributed by atoms with van der Waals surface area (Å²) in [5.41, 5.74) is 4.58. The van der Waals surface area contributed by atoms with Gasteiger partial charge >= 0.3 is 0 Å². The van der Waals surface area contributed by atoms with Gasteiger partial charge in [-0.25, -0.2) is 5.43 Å². The topological polar surface area (TPSA) is 59.9 Å². The zero-order valence-electron chi connectivity index (χ0n) is 18.0. The van der Waals surface area contributed by atoms with Crippen LogP contribution in [0.5, 0.6) is 11.5 Å². The molecule has 0 radical (unpaired) electrons. The monoisotopic (exact) mass is 604 g/mol. The number of amides is 1. The van der Waals surface area contributed by atoms with Crippen LogP contribution in [0.1, 0.15) is 21.5 Å². The Morgan fingerprint density at radius 3 is 2.53 bits per heavy atom. The summed E-state index contributed by atoms with van der Waals surface area (Å²) in [4.78, 5) is 12.4. The maximum Gasteiger partial charge on any atom is 0.271 e. The molecule has 34 heavy (non-hydrogen) atoms. The van der Waals surface area contributed by atoms with E-state index in [4.69, 9.17) is 32.7 Å². The molecule has 0 fully saturated rings. The second-order valence-corrected chi connectivity index (χ2v) is 9.27. The summed E-state index contributed by atoms with van der Waals surface area (Å²) in [5.74, 6) is 0.650. The minimum absolute atomic E-state index is 0.323. The molecule has 8 heteroatoms. The van der Waals surface area contributed by atoms with Gasteiger partial charge in [0.15, 0.2) is 5.75 Å². The Bertz CT molecular complexity index is 1360. The molecule has 0 saturated heterocycles. The van der Waals surface area contributed by atoms with Crippen molar-refractivity contribution in [2.45, 2.75) is 6.61 Å². The van der Waals surface area contributed by atoms with Crippen molar-refractivity contribution in [2.24, 2.45) is 5.10 Å².